The molecule has 1 saturated heterocycles. The van der Waals surface area contributed by atoms with E-state index in [1.807, 2.05) is 12.1 Å². The van der Waals surface area contributed by atoms with Gasteiger partial charge in [0.2, 0.25) is 0 Å². The summed E-state index contributed by atoms with van der Waals surface area (Å²) in [6, 6.07) is 14.0. The van der Waals surface area contributed by atoms with Gasteiger partial charge in [-0.15, -0.1) is 0 Å². The van der Waals surface area contributed by atoms with Gasteiger partial charge in [0.15, 0.2) is 0 Å². The number of hydrogen-bond donors (Lipinski definition) is 3. The minimum Gasteiger partial charge on any atom is -0.478 e. The second kappa shape index (κ2) is 13.6. The second-order valence-corrected chi connectivity index (χ2v) is 7.87. The first-order valence-corrected chi connectivity index (χ1v) is 11.2. The van der Waals surface area contributed by atoms with Crippen molar-refractivity contribution in [2.45, 2.75) is 9.79 Å². The highest BCUT2D eigenvalue weighted by Gasteiger charge is 2.24. The van der Waals surface area contributed by atoms with E-state index in [1.165, 1.54) is 11.8 Å². The van der Waals surface area contributed by atoms with Gasteiger partial charge < -0.3 is 25.0 Å². The third-order valence-electron chi connectivity index (χ3n) is 4.31. The van der Waals surface area contributed by atoms with Crippen LogP contribution in [0.3, 0.4) is 0 Å². The molecule has 2 aliphatic rings. The van der Waals surface area contributed by atoms with E-state index in [4.69, 9.17) is 31.0 Å². The molecule has 0 atom stereocenters. The molecule has 2 aliphatic heterocycles. The maximum Gasteiger partial charge on any atom is 0.328 e. The zero-order chi connectivity index (χ0) is 32.2. The van der Waals surface area contributed by atoms with Crippen molar-refractivity contribution in [1.82, 2.24) is 9.80 Å². The van der Waals surface area contributed by atoms with E-state index in [1.54, 1.807) is 36.4 Å². The molecule has 0 saturated carbocycles. The van der Waals surface area contributed by atoms with Gasteiger partial charge in [-0.2, -0.15) is 0 Å². The molecular formula is C25H29N3O6S. The Hall–Kier alpha value is -3.18. The maximum absolute atomic E-state index is 9.55. The molecule has 0 aromatic heterocycles. The van der Waals surface area contributed by atoms with Crippen LogP contribution in [0.5, 0.6) is 0 Å². The van der Waals surface area contributed by atoms with Crippen molar-refractivity contribution in [3.63, 3.8) is 0 Å². The molecule has 2 aromatic rings. The number of para-hydroxylation sites is 1. The Labute approximate surface area is 219 Å². The van der Waals surface area contributed by atoms with E-state index in [0.29, 0.717) is 38.1 Å². The molecule has 0 aliphatic carbocycles. The van der Waals surface area contributed by atoms with E-state index in [9.17, 15) is 9.59 Å². The van der Waals surface area contributed by atoms with Crippen molar-refractivity contribution in [2.75, 3.05) is 52.4 Å². The van der Waals surface area contributed by atoms with Crippen LogP contribution < -0.4 is 0 Å². The molecule has 0 unspecified atom stereocenters. The Morgan fingerprint density at radius 2 is 1.60 bits per heavy atom. The largest absolute Gasteiger partial charge is 0.478 e. The number of fused-ring (bicyclic) bond motifs is 2. The summed E-state index contributed by atoms with van der Waals surface area (Å²) in [5.74, 6) is -2.71. The Balaban J connectivity index is 0.000000557. The maximum atomic E-state index is 9.55. The lowest BCUT2D eigenvalue weighted by atomic mass is 10.1. The van der Waals surface area contributed by atoms with E-state index in [2.05, 4.69) is 4.99 Å². The van der Waals surface area contributed by atoms with Crippen molar-refractivity contribution in [3.05, 3.63) is 66.2 Å². The van der Waals surface area contributed by atoms with E-state index in [-0.39, 0.29) is 25.7 Å². The predicted octanol–water partition coefficient (Wildman–Crippen LogP) is 2.57. The van der Waals surface area contributed by atoms with Crippen molar-refractivity contribution in [2.24, 2.45) is 4.99 Å². The predicted molar refractivity (Wildman–Crippen MR) is 134 cm³/mol. The summed E-state index contributed by atoms with van der Waals surface area (Å²) in [5.41, 5.74) is 0.809. The van der Waals surface area contributed by atoms with Crippen molar-refractivity contribution >= 4 is 35.2 Å². The molecule has 0 radical (unpaired) electrons. The number of amidine groups is 1. The second-order valence-electron chi connectivity index (χ2n) is 6.78. The first kappa shape index (κ1) is 17.3. The number of aliphatic hydroxyl groups is 1. The Morgan fingerprint density at radius 1 is 0.971 bits per heavy atom. The lowest BCUT2D eigenvalue weighted by Crippen LogP contribution is -2.49. The summed E-state index contributed by atoms with van der Waals surface area (Å²) in [5, 5.41) is 24.5. The molecule has 186 valence electrons. The SMILES string of the molecule is O=C(O)/C=C\C(=O)O.[2H]C1([2H])N(CCOCCO)C([2H])([2H])C([2H])([2H])N(C2=Nc3ccccc3Sc3ccccc32)C1([2H])[2H]. The lowest BCUT2D eigenvalue weighted by molar-refractivity contribution is -0.134. The fourth-order valence-corrected chi connectivity index (χ4v) is 3.82. The van der Waals surface area contributed by atoms with Crippen LogP contribution in [-0.4, -0.2) is 95.2 Å². The normalized spacial score (nSPS) is 24.5. The van der Waals surface area contributed by atoms with E-state index < -0.39 is 44.5 Å². The zero-order valence-electron chi connectivity index (χ0n) is 26.4. The smallest absolute Gasteiger partial charge is 0.328 e. The first-order chi connectivity index (χ1) is 20.0. The number of aliphatic carboxylic acids is 2. The average Bonchev–Trinajstić information content (AvgIpc) is 3.07. The molecule has 1 fully saturated rings. The Bertz CT molecular complexity index is 1360. The average molecular weight is 508 g/mol. The number of carboxylic acid groups (broad SMARTS) is 2. The van der Waals surface area contributed by atoms with Gasteiger partial charge in [-0.3, -0.25) is 4.90 Å². The highest BCUT2D eigenvalue weighted by atomic mass is 32.2. The number of carboxylic acids is 2. The molecular weight excluding hydrogens is 470 g/mol. The van der Waals surface area contributed by atoms with Crippen LogP contribution in [-0.2, 0) is 14.3 Å². The summed E-state index contributed by atoms with van der Waals surface area (Å²) in [4.78, 5) is 26.1. The third kappa shape index (κ3) is 8.22. The highest BCUT2D eigenvalue weighted by molar-refractivity contribution is 7.99. The van der Waals surface area contributed by atoms with Gasteiger partial charge in [0, 0.05) is 65.5 Å². The number of aliphatic hydroxyl groups excluding tert-OH is 1. The van der Waals surface area contributed by atoms with Gasteiger partial charge in [-0.25, -0.2) is 14.6 Å². The molecule has 0 spiro atoms. The summed E-state index contributed by atoms with van der Waals surface area (Å²) in [6.07, 6.45) is 1.12. The first-order valence-electron chi connectivity index (χ1n) is 14.4. The summed E-state index contributed by atoms with van der Waals surface area (Å²) in [6.45, 7) is -13.1. The standard InChI is InChI=1S/C21H25N3O2S.C4H4O4/c25-14-16-26-15-13-23-9-11-24(12-10-23)21-17-5-1-3-7-19(17)27-20-8-4-2-6-18(20)22-21;5-3(6)1-2-4(7)8/h1-8,25H,9-16H2;1-2H,(H,5,6)(H,7,8)/b;2-1-/i9D2,10D2,11D2,12D2;. The van der Waals surface area contributed by atoms with Crippen LogP contribution in [0, 0.1) is 0 Å². The number of rotatable bonds is 7. The Morgan fingerprint density at radius 3 is 2.26 bits per heavy atom. The van der Waals surface area contributed by atoms with Crippen LogP contribution in [0.1, 0.15) is 16.5 Å². The van der Waals surface area contributed by atoms with Gasteiger partial charge in [-0.1, -0.05) is 42.1 Å². The van der Waals surface area contributed by atoms with E-state index in [0.717, 1.165) is 4.90 Å². The van der Waals surface area contributed by atoms with Crippen molar-refractivity contribution in [1.29, 1.82) is 0 Å². The molecule has 9 nitrogen and oxygen atoms in total. The van der Waals surface area contributed by atoms with Crippen LogP contribution >= 0.6 is 11.8 Å². The van der Waals surface area contributed by atoms with Gasteiger partial charge in [-0.05, 0) is 18.2 Å². The van der Waals surface area contributed by atoms with Crippen molar-refractivity contribution < 1.29 is 40.6 Å². The molecule has 35 heavy (non-hydrogen) atoms. The van der Waals surface area contributed by atoms with E-state index >= 15 is 0 Å². The zero-order valence-corrected chi connectivity index (χ0v) is 19.2. The highest BCUT2D eigenvalue weighted by Crippen LogP contribution is 2.40. The number of ether oxygens (including phenoxy) is 1. The van der Waals surface area contributed by atoms with Crippen LogP contribution in [0.25, 0.3) is 0 Å². The molecule has 0 amide bonds. The van der Waals surface area contributed by atoms with Gasteiger partial charge in [0.1, 0.15) is 5.84 Å². The fourth-order valence-electron chi connectivity index (χ4n) is 2.80. The minimum absolute atomic E-state index is 0.0591. The monoisotopic (exact) mass is 507 g/mol. The number of benzene rings is 2. The minimum atomic E-state index is -3.05. The summed E-state index contributed by atoms with van der Waals surface area (Å²) < 4.78 is 74.9. The topological polar surface area (TPSA) is 123 Å². The number of carbonyl (C=O) groups is 2. The summed E-state index contributed by atoms with van der Waals surface area (Å²) in [7, 11) is 0. The molecule has 10 heteroatoms. The molecule has 3 N–H and O–H groups in total. The number of aliphatic imine (C=N–C) groups is 1. The lowest BCUT2D eigenvalue weighted by Gasteiger charge is -2.36. The number of nitrogens with zero attached hydrogens (tertiary/aromatic N) is 3. The molecule has 0 bridgehead atoms. The Kier molecular flexibility index (Phi) is 6.74. The van der Waals surface area contributed by atoms with Gasteiger partial charge in [0.25, 0.3) is 0 Å². The number of piperazine rings is 1. The van der Waals surface area contributed by atoms with Crippen molar-refractivity contribution in [3.8, 4) is 0 Å². The van der Waals surface area contributed by atoms with Gasteiger partial charge >= 0.3 is 11.9 Å². The van der Waals surface area contributed by atoms with Crippen LogP contribution in [0.15, 0.2) is 75.5 Å². The number of hydrogen-bond acceptors (Lipinski definition) is 8. The molecule has 4 rings (SSSR count). The molecule has 2 aromatic carbocycles. The van der Waals surface area contributed by atoms with Crippen LogP contribution in [0.2, 0.25) is 0 Å². The quantitative estimate of drug-likeness (QED) is 0.383. The summed E-state index contributed by atoms with van der Waals surface area (Å²) >= 11 is 1.37. The third-order valence-corrected chi connectivity index (χ3v) is 5.45. The van der Waals surface area contributed by atoms with Crippen LogP contribution in [0.4, 0.5) is 5.69 Å². The fraction of sp³-hybridized carbons (Fsp3) is 0.320. The molecule has 2 heterocycles. The van der Waals surface area contributed by atoms with Gasteiger partial charge in [0.05, 0.1) is 31.0 Å².